The van der Waals surface area contributed by atoms with E-state index in [4.69, 9.17) is 0 Å². The molecule has 16 heavy (non-hydrogen) atoms. The summed E-state index contributed by atoms with van der Waals surface area (Å²) in [6.45, 7) is 4.31. The second-order valence-corrected chi connectivity index (χ2v) is 5.12. The molecule has 1 aromatic carbocycles. The number of hydrogen-bond donors (Lipinski definition) is 0. The topological polar surface area (TPSA) is 0 Å². The first kappa shape index (κ1) is 11.3. The summed E-state index contributed by atoms with van der Waals surface area (Å²) < 4.78 is 0. The maximum Gasteiger partial charge on any atom is 0.0151 e. The van der Waals surface area contributed by atoms with Crippen LogP contribution in [-0.2, 0) is 0 Å². The molecule has 0 N–H and O–H groups in total. The molecule has 1 aliphatic carbocycles. The second-order valence-electron chi connectivity index (χ2n) is 4.00. The zero-order valence-electron chi connectivity index (χ0n) is 9.73. The summed E-state index contributed by atoms with van der Waals surface area (Å²) in [5, 5.41) is 0. The standard InChI is InChI=1S/C15H16S/c1-12-9-10-15(13(2)11-12)16-14-7-5-3-4-6-8-14/h3-5,7-11H,6H2,1-2H3. The van der Waals surface area contributed by atoms with Crippen LogP contribution >= 0.6 is 11.8 Å². The SMILES string of the molecule is Cc1ccc(SC2=CCC=CC=C2)c(C)c1. The minimum absolute atomic E-state index is 1.03. The highest BCUT2D eigenvalue weighted by Crippen LogP contribution is 2.31. The molecule has 0 atom stereocenters. The maximum absolute atomic E-state index is 2.27. The van der Waals surface area contributed by atoms with Crippen LogP contribution in [0.5, 0.6) is 0 Å². The molecule has 0 aliphatic heterocycles. The van der Waals surface area contributed by atoms with Gasteiger partial charge in [-0.25, -0.2) is 0 Å². The Kier molecular flexibility index (Phi) is 3.68. The second kappa shape index (κ2) is 5.22. The quantitative estimate of drug-likeness (QED) is 0.701. The number of rotatable bonds is 2. The Morgan fingerprint density at radius 2 is 2.00 bits per heavy atom. The van der Waals surface area contributed by atoms with Gasteiger partial charge < -0.3 is 0 Å². The van der Waals surface area contributed by atoms with Gasteiger partial charge in [-0.15, -0.1) is 0 Å². The van der Waals surface area contributed by atoms with Crippen LogP contribution in [0.4, 0.5) is 0 Å². The van der Waals surface area contributed by atoms with E-state index in [2.05, 4.69) is 62.4 Å². The fraction of sp³-hybridized carbons (Fsp3) is 0.200. The van der Waals surface area contributed by atoms with E-state index in [0.717, 1.165) is 6.42 Å². The van der Waals surface area contributed by atoms with Gasteiger partial charge in [0.25, 0.3) is 0 Å². The summed E-state index contributed by atoms with van der Waals surface area (Å²) >= 11 is 1.85. The lowest BCUT2D eigenvalue weighted by atomic mass is 10.2. The number of aryl methyl sites for hydroxylation is 2. The molecular weight excluding hydrogens is 212 g/mol. The molecule has 0 amide bonds. The van der Waals surface area contributed by atoms with Crippen molar-refractivity contribution in [2.45, 2.75) is 25.2 Å². The molecule has 0 saturated carbocycles. The molecule has 0 heterocycles. The highest BCUT2D eigenvalue weighted by atomic mass is 32.2. The van der Waals surface area contributed by atoms with Gasteiger partial charge in [0, 0.05) is 9.80 Å². The summed E-state index contributed by atoms with van der Waals surface area (Å²) in [7, 11) is 0. The molecule has 0 saturated heterocycles. The van der Waals surface area contributed by atoms with Crippen LogP contribution in [0.15, 0.2) is 58.4 Å². The monoisotopic (exact) mass is 228 g/mol. The van der Waals surface area contributed by atoms with Gasteiger partial charge in [0.2, 0.25) is 0 Å². The van der Waals surface area contributed by atoms with Gasteiger partial charge in [0.15, 0.2) is 0 Å². The Bertz CT molecular complexity index is 464. The predicted octanol–water partition coefficient (Wildman–Crippen LogP) is 4.80. The van der Waals surface area contributed by atoms with E-state index in [1.165, 1.54) is 20.9 Å². The third-order valence-electron chi connectivity index (χ3n) is 2.52. The molecule has 0 fully saturated rings. The van der Waals surface area contributed by atoms with Gasteiger partial charge >= 0.3 is 0 Å². The summed E-state index contributed by atoms with van der Waals surface area (Å²) in [5.74, 6) is 0. The molecule has 0 bridgehead atoms. The molecule has 1 aromatic rings. The third kappa shape index (κ3) is 2.89. The van der Waals surface area contributed by atoms with Crippen molar-refractivity contribution < 1.29 is 0 Å². The summed E-state index contributed by atoms with van der Waals surface area (Å²) in [6, 6.07) is 6.62. The van der Waals surface area contributed by atoms with Crippen molar-refractivity contribution in [2.75, 3.05) is 0 Å². The van der Waals surface area contributed by atoms with E-state index >= 15 is 0 Å². The molecule has 0 aromatic heterocycles. The van der Waals surface area contributed by atoms with Gasteiger partial charge in [-0.1, -0.05) is 53.8 Å². The van der Waals surface area contributed by atoms with Crippen molar-refractivity contribution in [3.05, 3.63) is 64.6 Å². The molecule has 0 radical (unpaired) electrons. The van der Waals surface area contributed by atoms with Gasteiger partial charge in [-0.05, 0) is 38.0 Å². The highest BCUT2D eigenvalue weighted by Gasteiger charge is 2.02. The van der Waals surface area contributed by atoms with Crippen molar-refractivity contribution >= 4 is 11.8 Å². The molecular formula is C15H16S. The van der Waals surface area contributed by atoms with Gasteiger partial charge in [0.05, 0.1) is 0 Å². The average molecular weight is 228 g/mol. The Balaban J connectivity index is 2.18. The number of benzene rings is 1. The molecule has 0 unspecified atom stereocenters. The van der Waals surface area contributed by atoms with Crippen molar-refractivity contribution in [1.29, 1.82) is 0 Å². The van der Waals surface area contributed by atoms with Crippen LogP contribution in [-0.4, -0.2) is 0 Å². The van der Waals surface area contributed by atoms with Gasteiger partial charge in [-0.2, -0.15) is 0 Å². The Labute approximate surface area is 102 Å². The van der Waals surface area contributed by atoms with Crippen molar-refractivity contribution in [3.8, 4) is 0 Å². The van der Waals surface area contributed by atoms with E-state index in [1.807, 2.05) is 11.8 Å². The van der Waals surface area contributed by atoms with Crippen molar-refractivity contribution in [2.24, 2.45) is 0 Å². The molecule has 0 nitrogen and oxygen atoms in total. The summed E-state index contributed by atoms with van der Waals surface area (Å²) in [5.41, 5.74) is 2.69. The zero-order chi connectivity index (χ0) is 11.4. The highest BCUT2D eigenvalue weighted by molar-refractivity contribution is 8.03. The van der Waals surface area contributed by atoms with Crippen molar-refractivity contribution in [3.63, 3.8) is 0 Å². The van der Waals surface area contributed by atoms with Crippen LogP contribution < -0.4 is 0 Å². The van der Waals surface area contributed by atoms with Gasteiger partial charge in [-0.3, -0.25) is 0 Å². The van der Waals surface area contributed by atoms with Crippen LogP contribution in [0.1, 0.15) is 17.5 Å². The predicted molar refractivity (Wildman–Crippen MR) is 72.8 cm³/mol. The Hall–Kier alpha value is -1.21. The summed E-state index contributed by atoms with van der Waals surface area (Å²) in [6.07, 6.45) is 11.9. The number of thioether (sulfide) groups is 1. The maximum atomic E-state index is 2.27. The third-order valence-corrected chi connectivity index (χ3v) is 3.74. The first-order valence-electron chi connectivity index (χ1n) is 5.54. The molecule has 0 spiro atoms. The van der Waals surface area contributed by atoms with Crippen LogP contribution in [0, 0.1) is 13.8 Å². The fourth-order valence-electron chi connectivity index (χ4n) is 1.68. The smallest absolute Gasteiger partial charge is 0.0151 e. The molecule has 1 heteroatoms. The fourth-order valence-corrected chi connectivity index (χ4v) is 2.61. The van der Waals surface area contributed by atoms with Crippen LogP contribution in [0.2, 0.25) is 0 Å². The van der Waals surface area contributed by atoms with E-state index in [-0.39, 0.29) is 0 Å². The zero-order valence-corrected chi connectivity index (χ0v) is 10.6. The number of allylic oxidation sites excluding steroid dienone is 5. The largest absolute Gasteiger partial charge is 0.0901 e. The Morgan fingerprint density at radius 1 is 1.12 bits per heavy atom. The first-order chi connectivity index (χ1) is 7.75. The lowest BCUT2D eigenvalue weighted by molar-refractivity contribution is 1.27. The minimum Gasteiger partial charge on any atom is -0.0901 e. The van der Waals surface area contributed by atoms with E-state index in [9.17, 15) is 0 Å². The van der Waals surface area contributed by atoms with Crippen LogP contribution in [0.25, 0.3) is 0 Å². The molecule has 1 aliphatic rings. The van der Waals surface area contributed by atoms with Crippen molar-refractivity contribution in [1.82, 2.24) is 0 Å². The lowest BCUT2D eigenvalue weighted by Gasteiger charge is -2.06. The van der Waals surface area contributed by atoms with Gasteiger partial charge in [0.1, 0.15) is 0 Å². The lowest BCUT2D eigenvalue weighted by Crippen LogP contribution is -1.82. The molecule has 82 valence electrons. The van der Waals surface area contributed by atoms with Crippen LogP contribution in [0.3, 0.4) is 0 Å². The summed E-state index contributed by atoms with van der Waals surface area (Å²) in [4.78, 5) is 2.68. The molecule has 2 rings (SSSR count). The minimum atomic E-state index is 1.03. The van der Waals surface area contributed by atoms with E-state index in [1.54, 1.807) is 0 Å². The van der Waals surface area contributed by atoms with E-state index < -0.39 is 0 Å². The average Bonchev–Trinajstić information content (AvgIpc) is 2.51. The van der Waals surface area contributed by atoms with E-state index in [0.29, 0.717) is 0 Å². The Morgan fingerprint density at radius 3 is 2.81 bits per heavy atom. The normalized spacial score (nSPS) is 14.8. The number of hydrogen-bond acceptors (Lipinski definition) is 1. The first-order valence-corrected chi connectivity index (χ1v) is 6.36.